The molecule has 0 radical (unpaired) electrons. The van der Waals surface area contributed by atoms with Gasteiger partial charge in [0, 0.05) is 26.2 Å². The van der Waals surface area contributed by atoms with Crippen molar-refractivity contribution in [3.8, 4) is 0 Å². The molecule has 1 amide bonds. The second-order valence-corrected chi connectivity index (χ2v) is 5.43. The molecule has 2 atom stereocenters. The molecular weight excluding hydrogens is 222 g/mol. The van der Waals surface area contributed by atoms with E-state index >= 15 is 0 Å². The Kier molecular flexibility index (Phi) is 4.77. The van der Waals surface area contributed by atoms with Gasteiger partial charge in [-0.2, -0.15) is 0 Å². The average Bonchev–Trinajstić information content (AvgIpc) is 2.25. The number of amides is 1. The minimum Gasteiger partial charge on any atom is -0.444 e. The molecule has 1 saturated heterocycles. The van der Waals surface area contributed by atoms with Gasteiger partial charge < -0.3 is 19.5 Å². The lowest BCUT2D eigenvalue weighted by molar-refractivity contribution is -0.0406. The maximum Gasteiger partial charge on any atom is 0.410 e. The standard InChI is InChI=1S/C12H23NO4/c1-12(2,3)17-11(15)13-6-5-9(8-14)10(7-13)16-4/h9-10,14H,5-8H2,1-4H3/t9-,10-/m1/s1. The van der Waals surface area contributed by atoms with Gasteiger partial charge in [-0.1, -0.05) is 0 Å². The Bertz CT molecular complexity index is 262. The number of rotatable bonds is 2. The minimum absolute atomic E-state index is 0.0979. The number of hydrogen-bond donors (Lipinski definition) is 1. The fourth-order valence-electron chi connectivity index (χ4n) is 1.93. The third-order valence-corrected chi connectivity index (χ3v) is 2.88. The second kappa shape index (κ2) is 5.69. The molecule has 0 bridgehead atoms. The number of nitrogens with zero attached hydrogens (tertiary/aromatic N) is 1. The summed E-state index contributed by atoms with van der Waals surface area (Å²) in [5.41, 5.74) is -0.479. The van der Waals surface area contributed by atoms with E-state index in [9.17, 15) is 9.90 Å². The summed E-state index contributed by atoms with van der Waals surface area (Å²) in [6, 6.07) is 0. The van der Waals surface area contributed by atoms with E-state index in [1.54, 1.807) is 12.0 Å². The Morgan fingerprint density at radius 2 is 2.12 bits per heavy atom. The van der Waals surface area contributed by atoms with Crippen LogP contribution in [0.1, 0.15) is 27.2 Å². The van der Waals surface area contributed by atoms with Crippen LogP contribution >= 0.6 is 0 Å². The molecule has 0 unspecified atom stereocenters. The Hall–Kier alpha value is -0.810. The van der Waals surface area contributed by atoms with Crippen molar-refractivity contribution in [2.45, 2.75) is 38.9 Å². The predicted octanol–water partition coefficient (Wildman–Crippen LogP) is 1.25. The summed E-state index contributed by atoms with van der Waals surface area (Å²) < 4.78 is 10.6. The third kappa shape index (κ3) is 4.16. The highest BCUT2D eigenvalue weighted by molar-refractivity contribution is 5.68. The van der Waals surface area contributed by atoms with E-state index < -0.39 is 5.60 Å². The van der Waals surface area contributed by atoms with Gasteiger partial charge in [-0.05, 0) is 27.2 Å². The molecule has 0 aromatic carbocycles. The molecule has 5 nitrogen and oxygen atoms in total. The summed E-state index contributed by atoms with van der Waals surface area (Å²) in [7, 11) is 1.60. The van der Waals surface area contributed by atoms with Crippen LogP contribution in [0, 0.1) is 5.92 Å². The van der Waals surface area contributed by atoms with Crippen molar-refractivity contribution >= 4 is 6.09 Å². The number of aliphatic hydroxyl groups excluding tert-OH is 1. The van der Waals surface area contributed by atoms with Gasteiger partial charge >= 0.3 is 6.09 Å². The van der Waals surface area contributed by atoms with Crippen molar-refractivity contribution in [2.75, 3.05) is 26.8 Å². The molecule has 5 heteroatoms. The van der Waals surface area contributed by atoms with Crippen molar-refractivity contribution in [3.05, 3.63) is 0 Å². The van der Waals surface area contributed by atoms with Crippen LogP contribution in [0.15, 0.2) is 0 Å². The molecule has 1 rings (SSSR count). The van der Waals surface area contributed by atoms with E-state index in [0.717, 1.165) is 6.42 Å². The van der Waals surface area contributed by atoms with E-state index in [4.69, 9.17) is 9.47 Å². The zero-order valence-electron chi connectivity index (χ0n) is 11.1. The predicted molar refractivity (Wildman–Crippen MR) is 63.8 cm³/mol. The first-order valence-corrected chi connectivity index (χ1v) is 5.99. The summed E-state index contributed by atoms with van der Waals surface area (Å²) in [5, 5.41) is 9.19. The lowest BCUT2D eigenvalue weighted by Crippen LogP contribution is -2.49. The molecule has 1 N–H and O–H groups in total. The Morgan fingerprint density at radius 1 is 1.47 bits per heavy atom. The highest BCUT2D eigenvalue weighted by Crippen LogP contribution is 2.21. The van der Waals surface area contributed by atoms with E-state index in [0.29, 0.717) is 13.1 Å². The smallest absolute Gasteiger partial charge is 0.410 e. The molecule has 1 aliphatic heterocycles. The number of aliphatic hydroxyl groups is 1. The summed E-state index contributed by atoms with van der Waals surface area (Å²) >= 11 is 0. The maximum absolute atomic E-state index is 11.9. The van der Waals surface area contributed by atoms with Crippen LogP contribution in [0.3, 0.4) is 0 Å². The molecule has 0 aromatic rings. The van der Waals surface area contributed by atoms with E-state index in [2.05, 4.69) is 0 Å². The number of hydrogen-bond acceptors (Lipinski definition) is 4. The van der Waals surface area contributed by atoms with E-state index in [-0.39, 0.29) is 24.7 Å². The van der Waals surface area contributed by atoms with Crippen LogP contribution in [-0.4, -0.2) is 54.6 Å². The van der Waals surface area contributed by atoms with Gasteiger partial charge in [-0.15, -0.1) is 0 Å². The largest absolute Gasteiger partial charge is 0.444 e. The van der Waals surface area contributed by atoms with Gasteiger partial charge in [0.1, 0.15) is 5.60 Å². The van der Waals surface area contributed by atoms with Crippen LogP contribution in [0.4, 0.5) is 4.79 Å². The molecule has 0 spiro atoms. The fraction of sp³-hybridized carbons (Fsp3) is 0.917. The van der Waals surface area contributed by atoms with Crippen LogP contribution in [0.25, 0.3) is 0 Å². The Labute approximate surface area is 103 Å². The number of carbonyl (C=O) groups excluding carboxylic acids is 1. The molecular formula is C12H23NO4. The highest BCUT2D eigenvalue weighted by atomic mass is 16.6. The third-order valence-electron chi connectivity index (χ3n) is 2.88. The monoisotopic (exact) mass is 245 g/mol. The lowest BCUT2D eigenvalue weighted by atomic mass is 9.95. The summed E-state index contributed by atoms with van der Waals surface area (Å²) in [6.45, 7) is 6.73. The van der Waals surface area contributed by atoms with Gasteiger partial charge in [0.15, 0.2) is 0 Å². The van der Waals surface area contributed by atoms with Crippen molar-refractivity contribution in [3.63, 3.8) is 0 Å². The average molecular weight is 245 g/mol. The highest BCUT2D eigenvalue weighted by Gasteiger charge is 2.33. The first kappa shape index (κ1) is 14.3. The quantitative estimate of drug-likeness (QED) is 0.795. The topological polar surface area (TPSA) is 59.0 Å². The number of piperidine rings is 1. The van der Waals surface area contributed by atoms with E-state index in [1.807, 2.05) is 20.8 Å². The fourth-order valence-corrected chi connectivity index (χ4v) is 1.93. The van der Waals surface area contributed by atoms with Crippen molar-refractivity contribution in [2.24, 2.45) is 5.92 Å². The number of likely N-dealkylation sites (tertiary alicyclic amines) is 1. The van der Waals surface area contributed by atoms with Gasteiger partial charge in [-0.25, -0.2) is 4.79 Å². The molecule has 0 aromatic heterocycles. The second-order valence-electron chi connectivity index (χ2n) is 5.43. The van der Waals surface area contributed by atoms with Crippen LogP contribution in [-0.2, 0) is 9.47 Å². The number of methoxy groups -OCH3 is 1. The molecule has 100 valence electrons. The first-order valence-electron chi connectivity index (χ1n) is 5.99. The SMILES string of the molecule is CO[C@@H]1CN(C(=O)OC(C)(C)C)CC[C@@H]1CO. The van der Waals surface area contributed by atoms with Crippen LogP contribution in [0.5, 0.6) is 0 Å². The minimum atomic E-state index is -0.479. The summed E-state index contributed by atoms with van der Waals surface area (Å²) in [5.74, 6) is 0.110. The Balaban J connectivity index is 2.54. The van der Waals surface area contributed by atoms with Gasteiger partial charge in [0.05, 0.1) is 12.6 Å². The molecule has 1 heterocycles. The normalized spacial score (nSPS) is 25.8. The van der Waals surface area contributed by atoms with Crippen molar-refractivity contribution in [1.82, 2.24) is 4.90 Å². The number of carbonyl (C=O) groups is 1. The zero-order valence-corrected chi connectivity index (χ0v) is 11.1. The van der Waals surface area contributed by atoms with Gasteiger partial charge in [0.25, 0.3) is 0 Å². The van der Waals surface area contributed by atoms with Crippen molar-refractivity contribution in [1.29, 1.82) is 0 Å². The van der Waals surface area contributed by atoms with Crippen molar-refractivity contribution < 1.29 is 19.4 Å². The molecule has 17 heavy (non-hydrogen) atoms. The number of ether oxygens (including phenoxy) is 2. The van der Waals surface area contributed by atoms with Crippen LogP contribution in [0.2, 0.25) is 0 Å². The van der Waals surface area contributed by atoms with Gasteiger partial charge in [-0.3, -0.25) is 0 Å². The molecule has 1 fully saturated rings. The zero-order chi connectivity index (χ0) is 13.1. The van der Waals surface area contributed by atoms with E-state index in [1.165, 1.54) is 0 Å². The summed E-state index contributed by atoms with van der Waals surface area (Å²) in [4.78, 5) is 13.5. The molecule has 0 aliphatic carbocycles. The maximum atomic E-state index is 11.9. The van der Waals surface area contributed by atoms with Gasteiger partial charge in [0.2, 0.25) is 0 Å². The Morgan fingerprint density at radius 3 is 2.59 bits per heavy atom. The summed E-state index contributed by atoms with van der Waals surface area (Å²) in [6.07, 6.45) is 0.325. The molecule has 0 saturated carbocycles. The molecule has 1 aliphatic rings. The lowest BCUT2D eigenvalue weighted by Gasteiger charge is -2.37. The van der Waals surface area contributed by atoms with Crippen LogP contribution < -0.4 is 0 Å². The first-order chi connectivity index (χ1) is 7.87.